The van der Waals surface area contributed by atoms with Crippen LogP contribution in [-0.2, 0) is 6.42 Å². The quantitative estimate of drug-likeness (QED) is 0.946. The van der Waals surface area contributed by atoms with Gasteiger partial charge < -0.3 is 5.73 Å². The third kappa shape index (κ3) is 2.31. The Morgan fingerprint density at radius 1 is 1.12 bits per heavy atom. The summed E-state index contributed by atoms with van der Waals surface area (Å²) in [7, 11) is 0. The van der Waals surface area contributed by atoms with Crippen LogP contribution in [0.25, 0.3) is 16.7 Å². The molecule has 0 saturated carbocycles. The van der Waals surface area contributed by atoms with Crippen molar-refractivity contribution in [2.24, 2.45) is 10.7 Å². The van der Waals surface area contributed by atoms with Crippen molar-refractivity contribution in [2.45, 2.75) is 19.8 Å². The Hall–Kier alpha value is -2.59. The molecule has 0 bridgehead atoms. The van der Waals surface area contributed by atoms with Gasteiger partial charge in [-0.05, 0) is 35.3 Å². The molecule has 1 aromatic heterocycles. The minimum atomic E-state index is 0.0528. The fourth-order valence-electron chi connectivity index (χ4n) is 3.47. The highest BCUT2D eigenvalue weighted by atomic mass is 16.1. The van der Waals surface area contributed by atoms with Crippen molar-refractivity contribution < 1.29 is 4.79 Å². The van der Waals surface area contributed by atoms with Crippen LogP contribution < -0.4 is 5.73 Å². The normalized spacial score (nSPS) is 15.7. The number of carbonyl (C=O) groups excluding carboxylic acids is 1. The van der Waals surface area contributed by atoms with Gasteiger partial charge in [-0.3, -0.25) is 14.8 Å². The van der Waals surface area contributed by atoms with Crippen molar-refractivity contribution in [1.82, 2.24) is 4.98 Å². The molecule has 1 aliphatic carbocycles. The highest BCUT2D eigenvalue weighted by Crippen LogP contribution is 2.32. The standard InChI is InChI=1S/C20H19N3O/c1-2-12-4-6-18-16(12)8-14(10-22-18)13-3-5-15-17(7-13)19(9-21)23-11-20(15)24/h3-5,7-8,10H,2,6,9,11,21H2,1H3. The molecule has 2 N–H and O–H groups in total. The maximum Gasteiger partial charge on any atom is 0.184 e. The van der Waals surface area contributed by atoms with Crippen LogP contribution in [0.4, 0.5) is 0 Å². The molecule has 0 spiro atoms. The number of pyridine rings is 1. The number of ketones is 1. The van der Waals surface area contributed by atoms with Crippen LogP contribution in [0.1, 0.15) is 40.5 Å². The number of aromatic nitrogens is 1. The Labute approximate surface area is 141 Å². The van der Waals surface area contributed by atoms with Gasteiger partial charge in [0.1, 0.15) is 6.54 Å². The molecule has 2 heterocycles. The Bertz CT molecular complexity index is 909. The van der Waals surface area contributed by atoms with Gasteiger partial charge in [0.2, 0.25) is 0 Å². The summed E-state index contributed by atoms with van der Waals surface area (Å²) in [6.45, 7) is 2.71. The average Bonchev–Trinajstić information content (AvgIpc) is 3.04. The SMILES string of the molecule is CCC1=CCc2ncc(-c3ccc4c(c3)C(CN)=NCC4=O)cc21. The van der Waals surface area contributed by atoms with Crippen molar-refractivity contribution in [2.75, 3.05) is 13.1 Å². The Morgan fingerprint density at radius 2 is 1.96 bits per heavy atom. The van der Waals surface area contributed by atoms with Gasteiger partial charge in [-0.15, -0.1) is 0 Å². The number of carbonyl (C=O) groups is 1. The summed E-state index contributed by atoms with van der Waals surface area (Å²) in [6, 6.07) is 8.10. The van der Waals surface area contributed by atoms with Gasteiger partial charge in [-0.1, -0.05) is 25.1 Å². The van der Waals surface area contributed by atoms with Gasteiger partial charge in [0.15, 0.2) is 5.78 Å². The van der Waals surface area contributed by atoms with Crippen molar-refractivity contribution >= 4 is 17.1 Å². The first-order valence-electron chi connectivity index (χ1n) is 8.31. The molecule has 24 heavy (non-hydrogen) atoms. The summed E-state index contributed by atoms with van der Waals surface area (Å²) in [6.07, 6.45) is 6.10. The third-order valence-corrected chi connectivity index (χ3v) is 4.81. The van der Waals surface area contributed by atoms with Crippen LogP contribution >= 0.6 is 0 Å². The lowest BCUT2D eigenvalue weighted by Crippen LogP contribution is -2.24. The summed E-state index contributed by atoms with van der Waals surface area (Å²) in [5, 5.41) is 0. The Balaban J connectivity index is 1.81. The van der Waals surface area contributed by atoms with E-state index in [9.17, 15) is 4.79 Å². The first-order chi connectivity index (χ1) is 11.7. The van der Waals surface area contributed by atoms with E-state index in [4.69, 9.17) is 5.73 Å². The zero-order chi connectivity index (χ0) is 16.7. The molecule has 2 aliphatic rings. The highest BCUT2D eigenvalue weighted by molar-refractivity contribution is 6.16. The van der Waals surface area contributed by atoms with Crippen molar-refractivity contribution in [3.05, 3.63) is 58.9 Å². The first-order valence-corrected chi connectivity index (χ1v) is 8.31. The maximum absolute atomic E-state index is 12.1. The van der Waals surface area contributed by atoms with Crippen molar-refractivity contribution in [1.29, 1.82) is 0 Å². The zero-order valence-corrected chi connectivity index (χ0v) is 13.7. The second-order valence-corrected chi connectivity index (χ2v) is 6.16. The first kappa shape index (κ1) is 15.0. The monoisotopic (exact) mass is 317 g/mol. The number of benzene rings is 1. The second kappa shape index (κ2) is 5.80. The largest absolute Gasteiger partial charge is 0.325 e. The summed E-state index contributed by atoms with van der Waals surface area (Å²) in [5.74, 6) is 0.0528. The topological polar surface area (TPSA) is 68.3 Å². The van der Waals surface area contributed by atoms with E-state index in [1.165, 1.54) is 11.1 Å². The van der Waals surface area contributed by atoms with E-state index in [1.807, 2.05) is 24.4 Å². The number of fused-ring (bicyclic) bond motifs is 2. The molecule has 120 valence electrons. The maximum atomic E-state index is 12.1. The smallest absolute Gasteiger partial charge is 0.184 e. The summed E-state index contributed by atoms with van der Waals surface area (Å²) < 4.78 is 0. The predicted octanol–water partition coefficient (Wildman–Crippen LogP) is 3.04. The van der Waals surface area contributed by atoms with E-state index >= 15 is 0 Å². The molecule has 2 aromatic rings. The number of hydrogen-bond donors (Lipinski definition) is 1. The fourth-order valence-corrected chi connectivity index (χ4v) is 3.47. The molecular formula is C20H19N3O. The van der Waals surface area contributed by atoms with Crippen LogP contribution in [0.15, 0.2) is 41.5 Å². The van der Waals surface area contributed by atoms with Gasteiger partial charge >= 0.3 is 0 Å². The zero-order valence-electron chi connectivity index (χ0n) is 13.7. The van der Waals surface area contributed by atoms with Gasteiger partial charge in [0.05, 0.1) is 11.4 Å². The molecule has 0 amide bonds. The molecule has 0 saturated heterocycles. The van der Waals surface area contributed by atoms with E-state index in [1.54, 1.807) is 0 Å². The van der Waals surface area contributed by atoms with Crippen molar-refractivity contribution in [3.8, 4) is 11.1 Å². The molecule has 0 atom stereocenters. The van der Waals surface area contributed by atoms with Crippen LogP contribution in [0.3, 0.4) is 0 Å². The highest BCUT2D eigenvalue weighted by Gasteiger charge is 2.21. The van der Waals surface area contributed by atoms with E-state index in [2.05, 4.69) is 29.0 Å². The predicted molar refractivity (Wildman–Crippen MR) is 96.4 cm³/mol. The van der Waals surface area contributed by atoms with E-state index in [0.29, 0.717) is 6.54 Å². The molecular weight excluding hydrogens is 298 g/mol. The van der Waals surface area contributed by atoms with Crippen molar-refractivity contribution in [3.63, 3.8) is 0 Å². The minimum Gasteiger partial charge on any atom is -0.325 e. The Morgan fingerprint density at radius 3 is 2.75 bits per heavy atom. The van der Waals surface area contributed by atoms with E-state index in [-0.39, 0.29) is 12.3 Å². The lowest BCUT2D eigenvalue weighted by molar-refractivity contribution is 0.1000. The average molecular weight is 317 g/mol. The summed E-state index contributed by atoms with van der Waals surface area (Å²) in [5.41, 5.74) is 14.0. The molecule has 0 unspecified atom stereocenters. The molecule has 1 aromatic carbocycles. The third-order valence-electron chi connectivity index (χ3n) is 4.81. The van der Waals surface area contributed by atoms with Gasteiger partial charge in [-0.2, -0.15) is 0 Å². The minimum absolute atomic E-state index is 0.0528. The fraction of sp³-hybridized carbons (Fsp3) is 0.250. The van der Waals surface area contributed by atoms with Crippen LogP contribution in [0.2, 0.25) is 0 Å². The summed E-state index contributed by atoms with van der Waals surface area (Å²) >= 11 is 0. The molecule has 4 heteroatoms. The second-order valence-electron chi connectivity index (χ2n) is 6.16. The number of aliphatic imine (C=N–C) groups is 1. The molecule has 0 radical (unpaired) electrons. The Kier molecular flexibility index (Phi) is 3.62. The molecule has 0 fully saturated rings. The van der Waals surface area contributed by atoms with Gasteiger partial charge in [-0.25, -0.2) is 0 Å². The number of hydrogen-bond acceptors (Lipinski definition) is 4. The van der Waals surface area contributed by atoms with Gasteiger partial charge in [0, 0.05) is 35.9 Å². The van der Waals surface area contributed by atoms with Crippen LogP contribution in [-0.4, -0.2) is 29.6 Å². The number of allylic oxidation sites excluding steroid dienone is 2. The lowest BCUT2D eigenvalue weighted by Gasteiger charge is -2.16. The van der Waals surface area contributed by atoms with E-state index < -0.39 is 0 Å². The lowest BCUT2D eigenvalue weighted by atomic mass is 9.92. The number of Topliss-reactive ketones (excluding diaryl/α,β-unsaturated/α-hetero) is 1. The summed E-state index contributed by atoms with van der Waals surface area (Å²) in [4.78, 5) is 21.0. The molecule has 4 rings (SSSR count). The van der Waals surface area contributed by atoms with Gasteiger partial charge in [0.25, 0.3) is 0 Å². The number of rotatable bonds is 3. The van der Waals surface area contributed by atoms with Crippen LogP contribution in [0, 0.1) is 0 Å². The number of nitrogens with zero attached hydrogens (tertiary/aromatic N) is 2. The van der Waals surface area contributed by atoms with Crippen LogP contribution in [0.5, 0.6) is 0 Å². The molecule has 1 aliphatic heterocycles. The van der Waals surface area contributed by atoms with E-state index in [0.717, 1.165) is 46.5 Å². The number of nitrogens with two attached hydrogens (primary N) is 1. The molecule has 4 nitrogen and oxygen atoms in total.